The molecule has 4 aromatic rings. The SMILES string of the molecule is Cc1nc(-c2ccc(C(F)(F)F)cc2)sc1C(=O)Nc1ccc2oc(=O)ccc2c1. The van der Waals surface area contributed by atoms with E-state index in [1.807, 2.05) is 0 Å². The molecule has 152 valence electrons. The van der Waals surface area contributed by atoms with Crippen LogP contribution in [0.25, 0.3) is 21.5 Å². The molecule has 4 rings (SSSR count). The fourth-order valence-electron chi connectivity index (χ4n) is 2.87. The van der Waals surface area contributed by atoms with Crippen molar-refractivity contribution in [2.24, 2.45) is 0 Å². The normalized spacial score (nSPS) is 11.6. The Balaban J connectivity index is 1.57. The van der Waals surface area contributed by atoms with E-state index in [1.165, 1.54) is 18.2 Å². The Kier molecular flexibility index (Phi) is 4.90. The van der Waals surface area contributed by atoms with Gasteiger partial charge in [-0.25, -0.2) is 9.78 Å². The van der Waals surface area contributed by atoms with Crippen molar-refractivity contribution in [1.82, 2.24) is 4.98 Å². The maximum Gasteiger partial charge on any atom is 0.416 e. The Morgan fingerprint density at radius 1 is 1.07 bits per heavy atom. The van der Waals surface area contributed by atoms with E-state index in [-0.39, 0.29) is 5.91 Å². The first-order valence-corrected chi connectivity index (χ1v) is 9.53. The zero-order chi connectivity index (χ0) is 21.5. The Morgan fingerprint density at radius 3 is 2.50 bits per heavy atom. The number of thiazole rings is 1. The van der Waals surface area contributed by atoms with Crippen LogP contribution in [0.5, 0.6) is 0 Å². The van der Waals surface area contributed by atoms with Crippen LogP contribution in [0.15, 0.2) is 63.8 Å². The van der Waals surface area contributed by atoms with Gasteiger partial charge in [0.25, 0.3) is 5.91 Å². The molecule has 0 fully saturated rings. The van der Waals surface area contributed by atoms with Crippen LogP contribution in [-0.4, -0.2) is 10.9 Å². The molecule has 0 aliphatic heterocycles. The van der Waals surface area contributed by atoms with E-state index >= 15 is 0 Å². The zero-order valence-corrected chi connectivity index (χ0v) is 16.2. The van der Waals surface area contributed by atoms with E-state index in [4.69, 9.17) is 4.42 Å². The molecule has 0 aliphatic carbocycles. The summed E-state index contributed by atoms with van der Waals surface area (Å²) < 4.78 is 43.3. The van der Waals surface area contributed by atoms with Crippen LogP contribution in [-0.2, 0) is 6.18 Å². The van der Waals surface area contributed by atoms with Crippen LogP contribution in [0.3, 0.4) is 0 Å². The Hall–Kier alpha value is -3.46. The summed E-state index contributed by atoms with van der Waals surface area (Å²) in [7, 11) is 0. The molecule has 2 aromatic heterocycles. The van der Waals surface area contributed by atoms with Gasteiger partial charge in [0.15, 0.2) is 0 Å². The third-order valence-corrected chi connectivity index (χ3v) is 5.54. The number of fused-ring (bicyclic) bond motifs is 1. The van der Waals surface area contributed by atoms with Crippen LogP contribution in [0, 0.1) is 6.92 Å². The smallest absolute Gasteiger partial charge is 0.416 e. The van der Waals surface area contributed by atoms with Gasteiger partial charge in [0.05, 0.1) is 11.3 Å². The van der Waals surface area contributed by atoms with Crippen molar-refractivity contribution >= 4 is 33.9 Å². The van der Waals surface area contributed by atoms with Gasteiger partial charge in [0.1, 0.15) is 15.5 Å². The molecule has 0 saturated heterocycles. The van der Waals surface area contributed by atoms with Crippen molar-refractivity contribution < 1.29 is 22.4 Å². The minimum absolute atomic E-state index is 0.351. The highest BCUT2D eigenvalue weighted by Crippen LogP contribution is 2.33. The van der Waals surface area contributed by atoms with E-state index < -0.39 is 17.4 Å². The lowest BCUT2D eigenvalue weighted by Crippen LogP contribution is -2.11. The number of alkyl halides is 3. The molecule has 9 heteroatoms. The van der Waals surface area contributed by atoms with Gasteiger partial charge in [-0.2, -0.15) is 13.2 Å². The number of aromatic nitrogens is 1. The Morgan fingerprint density at radius 2 is 1.80 bits per heavy atom. The molecule has 2 heterocycles. The summed E-state index contributed by atoms with van der Waals surface area (Å²) in [5, 5.41) is 3.86. The molecule has 0 bridgehead atoms. The van der Waals surface area contributed by atoms with Crippen LogP contribution in [0.2, 0.25) is 0 Å². The number of anilines is 1. The van der Waals surface area contributed by atoms with Crippen molar-refractivity contribution in [2.75, 3.05) is 5.32 Å². The molecule has 2 aromatic carbocycles. The topological polar surface area (TPSA) is 72.2 Å². The van der Waals surface area contributed by atoms with E-state index in [2.05, 4.69) is 10.3 Å². The summed E-state index contributed by atoms with van der Waals surface area (Å²) in [6, 6.07) is 12.4. The molecule has 0 saturated carbocycles. The number of amides is 1. The highest BCUT2D eigenvalue weighted by molar-refractivity contribution is 7.17. The average molecular weight is 430 g/mol. The second-order valence-corrected chi connectivity index (χ2v) is 7.47. The van der Waals surface area contributed by atoms with Crippen molar-refractivity contribution in [3.05, 3.63) is 81.2 Å². The highest BCUT2D eigenvalue weighted by atomic mass is 32.1. The number of nitrogens with one attached hydrogen (secondary N) is 1. The monoisotopic (exact) mass is 430 g/mol. The number of carbonyl (C=O) groups is 1. The fraction of sp³-hybridized carbons (Fsp3) is 0.0952. The summed E-state index contributed by atoms with van der Waals surface area (Å²) >= 11 is 1.09. The second kappa shape index (κ2) is 7.42. The predicted octanol–water partition coefficient (Wildman–Crippen LogP) is 5.50. The molecule has 30 heavy (non-hydrogen) atoms. The van der Waals surface area contributed by atoms with Gasteiger partial charge in [-0.05, 0) is 43.3 Å². The third kappa shape index (κ3) is 3.97. The van der Waals surface area contributed by atoms with Crippen LogP contribution >= 0.6 is 11.3 Å². The lowest BCUT2D eigenvalue weighted by molar-refractivity contribution is -0.137. The summed E-state index contributed by atoms with van der Waals surface area (Å²) in [5.41, 5.74) is 0.666. The molecule has 1 amide bonds. The largest absolute Gasteiger partial charge is 0.423 e. The maximum atomic E-state index is 12.7. The molecule has 0 unspecified atom stereocenters. The first-order valence-electron chi connectivity index (χ1n) is 8.71. The van der Waals surface area contributed by atoms with Gasteiger partial charge < -0.3 is 9.73 Å². The first-order chi connectivity index (χ1) is 14.2. The van der Waals surface area contributed by atoms with Crippen LogP contribution < -0.4 is 10.9 Å². The molecule has 0 radical (unpaired) electrons. The number of hydrogen-bond donors (Lipinski definition) is 1. The van der Waals surface area contributed by atoms with E-state index in [0.717, 1.165) is 23.5 Å². The van der Waals surface area contributed by atoms with E-state index in [0.29, 0.717) is 37.8 Å². The number of hydrogen-bond acceptors (Lipinski definition) is 5. The molecule has 0 aliphatic rings. The first kappa shape index (κ1) is 19.8. The Bertz CT molecular complexity index is 1310. The molecule has 0 spiro atoms. The highest BCUT2D eigenvalue weighted by Gasteiger charge is 2.30. The number of benzene rings is 2. The minimum Gasteiger partial charge on any atom is -0.423 e. The molecule has 1 N–H and O–H groups in total. The number of halogens is 3. The van der Waals surface area contributed by atoms with E-state index in [9.17, 15) is 22.8 Å². The van der Waals surface area contributed by atoms with Crippen LogP contribution in [0.4, 0.5) is 18.9 Å². The summed E-state index contributed by atoms with van der Waals surface area (Å²) in [6.45, 7) is 1.66. The van der Waals surface area contributed by atoms with Crippen molar-refractivity contribution in [1.29, 1.82) is 0 Å². The number of aryl methyl sites for hydroxylation is 1. The summed E-state index contributed by atoms with van der Waals surface area (Å²) in [4.78, 5) is 28.6. The standard InChI is InChI=1S/C21H13F3N2O3S/c1-11-18(30-20(25-11)12-2-5-14(6-3-12)21(22,23)24)19(28)26-15-7-8-16-13(10-15)4-9-17(27)29-16/h2-10H,1H3,(H,26,28). The third-order valence-electron chi connectivity index (χ3n) is 4.34. The van der Waals surface area contributed by atoms with Crippen molar-refractivity contribution in [3.8, 4) is 10.6 Å². The van der Waals surface area contributed by atoms with Gasteiger partial charge in [-0.15, -0.1) is 11.3 Å². The quantitative estimate of drug-likeness (QED) is 0.436. The number of rotatable bonds is 3. The molecule has 0 atom stereocenters. The average Bonchev–Trinajstić information content (AvgIpc) is 3.09. The van der Waals surface area contributed by atoms with Gasteiger partial charge in [0, 0.05) is 22.7 Å². The van der Waals surface area contributed by atoms with Crippen molar-refractivity contribution in [3.63, 3.8) is 0 Å². The zero-order valence-electron chi connectivity index (χ0n) is 15.4. The Labute approximate surface area is 171 Å². The molecular weight excluding hydrogens is 417 g/mol. The second-order valence-electron chi connectivity index (χ2n) is 6.47. The fourth-order valence-corrected chi connectivity index (χ4v) is 3.84. The maximum absolute atomic E-state index is 12.7. The van der Waals surface area contributed by atoms with Gasteiger partial charge >= 0.3 is 11.8 Å². The van der Waals surface area contributed by atoms with Crippen molar-refractivity contribution in [2.45, 2.75) is 13.1 Å². The lowest BCUT2D eigenvalue weighted by Gasteiger charge is -2.06. The van der Waals surface area contributed by atoms with Gasteiger partial charge in [-0.1, -0.05) is 12.1 Å². The number of nitrogens with zero attached hydrogens (tertiary/aromatic N) is 1. The molecular formula is C21H13F3N2O3S. The van der Waals surface area contributed by atoms with Gasteiger partial charge in [0.2, 0.25) is 0 Å². The van der Waals surface area contributed by atoms with E-state index in [1.54, 1.807) is 31.2 Å². The number of carbonyl (C=O) groups excluding carboxylic acids is 1. The van der Waals surface area contributed by atoms with Crippen LogP contribution in [0.1, 0.15) is 20.9 Å². The van der Waals surface area contributed by atoms with Gasteiger partial charge in [-0.3, -0.25) is 4.79 Å². The summed E-state index contributed by atoms with van der Waals surface area (Å²) in [5.74, 6) is -0.389. The minimum atomic E-state index is -4.41. The molecule has 5 nitrogen and oxygen atoms in total. The lowest BCUT2D eigenvalue weighted by atomic mass is 10.1. The summed E-state index contributed by atoms with van der Waals surface area (Å²) in [6.07, 6.45) is -4.41. The predicted molar refractivity (Wildman–Crippen MR) is 108 cm³/mol.